The number of rotatable bonds is 3. The summed E-state index contributed by atoms with van der Waals surface area (Å²) in [4.78, 5) is 0. The van der Waals surface area contributed by atoms with Crippen LogP contribution >= 0.6 is 0 Å². The van der Waals surface area contributed by atoms with E-state index in [0.29, 0.717) is 13.0 Å². The van der Waals surface area contributed by atoms with Crippen LogP contribution in [0.25, 0.3) is 0 Å². The average Bonchev–Trinajstić information content (AvgIpc) is 2.33. The van der Waals surface area contributed by atoms with Crippen molar-refractivity contribution in [2.45, 2.75) is 38.9 Å². The highest BCUT2D eigenvalue weighted by atomic mass is 19.1. The summed E-state index contributed by atoms with van der Waals surface area (Å²) >= 11 is 0. The maximum Gasteiger partial charge on any atom is 0.135 e. The molecule has 1 aliphatic rings. The molecule has 0 aliphatic carbocycles. The van der Waals surface area contributed by atoms with Crippen LogP contribution in [0, 0.1) is 13.8 Å². The largest absolute Gasteiger partial charge is 0.379 e. The van der Waals surface area contributed by atoms with Crippen LogP contribution in [0.3, 0.4) is 0 Å². The van der Waals surface area contributed by atoms with Crippen molar-refractivity contribution >= 4 is 0 Å². The summed E-state index contributed by atoms with van der Waals surface area (Å²) in [6.45, 7) is 7.78. The minimum absolute atomic E-state index is 0.105. The molecule has 0 amide bonds. The van der Waals surface area contributed by atoms with E-state index in [0.717, 1.165) is 29.8 Å². The van der Waals surface area contributed by atoms with Crippen molar-refractivity contribution in [1.82, 2.24) is 5.32 Å². The van der Waals surface area contributed by atoms with Crippen molar-refractivity contribution in [2.75, 3.05) is 19.8 Å². The molecule has 1 heterocycles. The van der Waals surface area contributed by atoms with Gasteiger partial charge in [-0.1, -0.05) is 23.8 Å². The van der Waals surface area contributed by atoms with Gasteiger partial charge in [-0.3, -0.25) is 0 Å². The molecule has 1 aliphatic heterocycles. The fraction of sp³-hybridized carbons (Fsp3) is 0.600. The molecule has 2 nitrogen and oxygen atoms in total. The second kappa shape index (κ2) is 5.37. The van der Waals surface area contributed by atoms with Crippen LogP contribution in [0.5, 0.6) is 0 Å². The first kappa shape index (κ1) is 13.5. The van der Waals surface area contributed by atoms with Gasteiger partial charge in [0.05, 0.1) is 13.2 Å². The number of halogens is 1. The SMILES string of the molecule is Cc1ccc(C)c(C(C)(F)CC2COCCN2)c1. The molecule has 0 radical (unpaired) electrons. The number of morpholine rings is 1. The molecule has 100 valence electrons. The lowest BCUT2D eigenvalue weighted by Crippen LogP contribution is -2.44. The van der Waals surface area contributed by atoms with E-state index in [1.54, 1.807) is 6.92 Å². The maximum atomic E-state index is 15.0. The molecule has 1 N–H and O–H groups in total. The first-order valence-electron chi connectivity index (χ1n) is 6.57. The number of nitrogens with one attached hydrogen (secondary N) is 1. The summed E-state index contributed by atoms with van der Waals surface area (Å²) in [5, 5.41) is 3.31. The Balaban J connectivity index is 2.15. The van der Waals surface area contributed by atoms with E-state index in [4.69, 9.17) is 4.74 Å². The maximum absolute atomic E-state index is 15.0. The third-order valence-electron chi connectivity index (χ3n) is 3.58. The Labute approximate surface area is 109 Å². The number of alkyl halides is 1. The third-order valence-corrected chi connectivity index (χ3v) is 3.58. The van der Waals surface area contributed by atoms with Crippen LogP contribution in [-0.2, 0) is 10.4 Å². The molecule has 2 rings (SSSR count). The molecular formula is C15H22FNO. The summed E-state index contributed by atoms with van der Waals surface area (Å²) in [5.41, 5.74) is 1.61. The number of hydrogen-bond acceptors (Lipinski definition) is 2. The van der Waals surface area contributed by atoms with E-state index in [2.05, 4.69) is 5.32 Å². The van der Waals surface area contributed by atoms with Crippen LogP contribution in [0.15, 0.2) is 18.2 Å². The lowest BCUT2D eigenvalue weighted by molar-refractivity contribution is 0.0473. The van der Waals surface area contributed by atoms with E-state index in [-0.39, 0.29) is 6.04 Å². The van der Waals surface area contributed by atoms with Gasteiger partial charge >= 0.3 is 0 Å². The highest BCUT2D eigenvalue weighted by Gasteiger charge is 2.32. The molecule has 1 aromatic rings. The van der Waals surface area contributed by atoms with E-state index in [9.17, 15) is 4.39 Å². The summed E-state index contributed by atoms with van der Waals surface area (Å²) in [6, 6.07) is 6.08. The standard InChI is InChI=1S/C15H22FNO/c1-11-4-5-12(2)14(8-11)15(3,16)9-13-10-18-7-6-17-13/h4-5,8,13,17H,6-7,9-10H2,1-3H3. The van der Waals surface area contributed by atoms with E-state index >= 15 is 0 Å². The normalized spacial score (nSPS) is 23.7. The Morgan fingerprint density at radius 2 is 2.22 bits per heavy atom. The highest BCUT2D eigenvalue weighted by molar-refractivity contribution is 5.34. The minimum Gasteiger partial charge on any atom is -0.379 e. The lowest BCUT2D eigenvalue weighted by atomic mass is 9.87. The Bertz CT molecular complexity index is 411. The molecule has 0 bridgehead atoms. The predicted molar refractivity (Wildman–Crippen MR) is 71.6 cm³/mol. The van der Waals surface area contributed by atoms with Gasteiger partial charge in [0.1, 0.15) is 5.67 Å². The van der Waals surface area contributed by atoms with Gasteiger partial charge in [0.15, 0.2) is 0 Å². The first-order chi connectivity index (χ1) is 8.49. The summed E-state index contributed by atoms with van der Waals surface area (Å²) < 4.78 is 20.3. The van der Waals surface area contributed by atoms with Crippen LogP contribution in [0.1, 0.15) is 30.0 Å². The molecule has 1 saturated heterocycles. The zero-order valence-corrected chi connectivity index (χ0v) is 11.4. The predicted octanol–water partition coefficient (Wildman–Crippen LogP) is 2.87. The molecule has 0 spiro atoms. The molecular weight excluding hydrogens is 229 g/mol. The van der Waals surface area contributed by atoms with Crippen molar-refractivity contribution in [2.24, 2.45) is 0 Å². The van der Waals surface area contributed by atoms with E-state index in [1.807, 2.05) is 32.0 Å². The fourth-order valence-corrected chi connectivity index (χ4v) is 2.62. The molecule has 3 heteroatoms. The monoisotopic (exact) mass is 251 g/mol. The van der Waals surface area contributed by atoms with Gasteiger partial charge in [0.2, 0.25) is 0 Å². The Hall–Kier alpha value is -0.930. The van der Waals surface area contributed by atoms with E-state index < -0.39 is 5.67 Å². The lowest BCUT2D eigenvalue weighted by Gasteiger charge is -2.31. The Morgan fingerprint density at radius 3 is 2.89 bits per heavy atom. The molecule has 18 heavy (non-hydrogen) atoms. The van der Waals surface area contributed by atoms with Crippen molar-refractivity contribution in [3.8, 4) is 0 Å². The topological polar surface area (TPSA) is 21.3 Å². The summed E-state index contributed by atoms with van der Waals surface area (Å²) in [6.07, 6.45) is 0.456. The molecule has 2 atom stereocenters. The number of hydrogen-bond donors (Lipinski definition) is 1. The van der Waals surface area contributed by atoms with E-state index in [1.165, 1.54) is 0 Å². The quantitative estimate of drug-likeness (QED) is 0.892. The molecule has 0 aromatic heterocycles. The van der Waals surface area contributed by atoms with Gasteiger partial charge in [-0.25, -0.2) is 4.39 Å². The smallest absolute Gasteiger partial charge is 0.135 e. The second-order valence-electron chi connectivity index (χ2n) is 5.45. The van der Waals surface area contributed by atoms with Gasteiger partial charge in [0.25, 0.3) is 0 Å². The van der Waals surface area contributed by atoms with Gasteiger partial charge in [-0.05, 0) is 31.9 Å². The van der Waals surface area contributed by atoms with Crippen LogP contribution in [0.2, 0.25) is 0 Å². The Kier molecular flexibility index (Phi) is 4.03. The molecule has 1 aromatic carbocycles. The zero-order valence-electron chi connectivity index (χ0n) is 11.4. The molecule has 2 unspecified atom stereocenters. The second-order valence-corrected chi connectivity index (χ2v) is 5.45. The highest BCUT2D eigenvalue weighted by Crippen LogP contribution is 2.33. The van der Waals surface area contributed by atoms with Gasteiger partial charge < -0.3 is 10.1 Å². The van der Waals surface area contributed by atoms with Gasteiger partial charge in [-0.15, -0.1) is 0 Å². The third kappa shape index (κ3) is 3.09. The summed E-state index contributed by atoms with van der Waals surface area (Å²) in [7, 11) is 0. The summed E-state index contributed by atoms with van der Waals surface area (Å²) in [5.74, 6) is 0. The fourth-order valence-electron chi connectivity index (χ4n) is 2.62. The molecule has 0 saturated carbocycles. The first-order valence-corrected chi connectivity index (χ1v) is 6.57. The average molecular weight is 251 g/mol. The van der Waals surface area contributed by atoms with Gasteiger partial charge in [-0.2, -0.15) is 0 Å². The van der Waals surface area contributed by atoms with Crippen molar-refractivity contribution in [1.29, 1.82) is 0 Å². The van der Waals surface area contributed by atoms with Crippen LogP contribution in [0.4, 0.5) is 4.39 Å². The number of ether oxygens (including phenoxy) is 1. The van der Waals surface area contributed by atoms with Crippen molar-refractivity contribution in [3.63, 3.8) is 0 Å². The van der Waals surface area contributed by atoms with Crippen molar-refractivity contribution in [3.05, 3.63) is 34.9 Å². The zero-order chi connectivity index (χ0) is 13.2. The number of aryl methyl sites for hydroxylation is 2. The van der Waals surface area contributed by atoms with Crippen LogP contribution < -0.4 is 5.32 Å². The molecule has 1 fully saturated rings. The van der Waals surface area contributed by atoms with Gasteiger partial charge in [0, 0.05) is 19.0 Å². The number of benzene rings is 1. The van der Waals surface area contributed by atoms with Crippen molar-refractivity contribution < 1.29 is 9.13 Å². The Morgan fingerprint density at radius 1 is 1.44 bits per heavy atom. The van der Waals surface area contributed by atoms with Crippen LogP contribution in [-0.4, -0.2) is 25.8 Å². The minimum atomic E-state index is -1.31.